The van der Waals surface area contributed by atoms with Gasteiger partial charge in [0.2, 0.25) is 15.9 Å². The lowest BCUT2D eigenvalue weighted by Crippen LogP contribution is -2.53. The van der Waals surface area contributed by atoms with E-state index in [1.165, 1.54) is 6.07 Å². The Labute approximate surface area is 199 Å². The van der Waals surface area contributed by atoms with Gasteiger partial charge in [0.05, 0.1) is 29.9 Å². The van der Waals surface area contributed by atoms with E-state index < -0.39 is 10.0 Å². The molecule has 0 radical (unpaired) electrons. The van der Waals surface area contributed by atoms with Gasteiger partial charge in [-0.25, -0.2) is 8.42 Å². The standard InChI is InChI=1S/C24H29N3O6S/c1-3-34(30,31)26-17-9-12-21-19(13-17)24(29)27(2)20-11-10-18(33-22(20)15-32-21)14-23(28)25-16-7-5-4-6-8-16/h4-9,12-13,18,20,22,26H,3,10-11,14-15H2,1-2H3,(H,25,28)/t18-,20+,22+/m1/s1. The van der Waals surface area contributed by atoms with E-state index in [0.29, 0.717) is 29.8 Å². The van der Waals surface area contributed by atoms with E-state index in [-0.39, 0.29) is 48.8 Å². The number of carbonyl (C=O) groups excluding carboxylic acids is 2. The van der Waals surface area contributed by atoms with Crippen molar-refractivity contribution in [2.75, 3.05) is 29.4 Å². The van der Waals surface area contributed by atoms with E-state index in [1.807, 2.05) is 30.3 Å². The maximum atomic E-state index is 13.2. The Kier molecular flexibility index (Phi) is 7.08. The number of para-hydroxylation sites is 1. The van der Waals surface area contributed by atoms with Crippen molar-refractivity contribution in [2.45, 2.75) is 44.4 Å². The molecule has 1 saturated heterocycles. The summed E-state index contributed by atoms with van der Waals surface area (Å²) in [4.78, 5) is 27.3. The van der Waals surface area contributed by atoms with Crippen LogP contribution in [0.1, 0.15) is 36.5 Å². The molecule has 2 heterocycles. The molecule has 2 aliphatic rings. The number of hydrogen-bond donors (Lipinski definition) is 2. The van der Waals surface area contributed by atoms with Crippen molar-refractivity contribution >= 4 is 33.2 Å². The molecule has 2 aromatic rings. The number of likely N-dealkylation sites (N-methyl/N-ethyl adjacent to an activating group) is 1. The van der Waals surface area contributed by atoms with Crippen LogP contribution in [0.2, 0.25) is 0 Å². The van der Waals surface area contributed by atoms with Gasteiger partial charge in [0, 0.05) is 18.4 Å². The summed E-state index contributed by atoms with van der Waals surface area (Å²) in [5, 5.41) is 2.87. The smallest absolute Gasteiger partial charge is 0.257 e. The van der Waals surface area contributed by atoms with Gasteiger partial charge in [-0.2, -0.15) is 0 Å². The van der Waals surface area contributed by atoms with Gasteiger partial charge in [-0.05, 0) is 50.1 Å². The Morgan fingerprint density at radius 1 is 1.12 bits per heavy atom. The topological polar surface area (TPSA) is 114 Å². The van der Waals surface area contributed by atoms with Crippen LogP contribution in [0.4, 0.5) is 11.4 Å². The summed E-state index contributed by atoms with van der Waals surface area (Å²) in [5.41, 5.74) is 1.34. The third-order valence-corrected chi connectivity index (χ3v) is 7.44. The molecule has 3 atom stereocenters. The third-order valence-electron chi connectivity index (χ3n) is 6.14. The predicted molar refractivity (Wildman–Crippen MR) is 128 cm³/mol. The highest BCUT2D eigenvalue weighted by molar-refractivity contribution is 7.92. The first kappa shape index (κ1) is 24.0. The van der Waals surface area contributed by atoms with Gasteiger partial charge >= 0.3 is 0 Å². The quantitative estimate of drug-likeness (QED) is 0.648. The fraction of sp³-hybridized carbons (Fsp3) is 0.417. The molecular weight excluding hydrogens is 458 g/mol. The lowest BCUT2D eigenvalue weighted by atomic mass is 9.94. The molecule has 9 nitrogen and oxygen atoms in total. The molecule has 0 bridgehead atoms. The molecule has 4 rings (SSSR count). The minimum Gasteiger partial charge on any atom is -0.490 e. The first-order valence-corrected chi connectivity index (χ1v) is 13.0. The van der Waals surface area contributed by atoms with Crippen LogP contribution in [-0.2, 0) is 19.6 Å². The molecule has 0 saturated carbocycles. The average Bonchev–Trinajstić information content (AvgIpc) is 2.82. The summed E-state index contributed by atoms with van der Waals surface area (Å²) in [6.45, 7) is 1.76. The van der Waals surface area contributed by atoms with Crippen LogP contribution in [0.3, 0.4) is 0 Å². The van der Waals surface area contributed by atoms with Crippen molar-refractivity contribution in [3.05, 3.63) is 54.1 Å². The van der Waals surface area contributed by atoms with Crippen LogP contribution in [-0.4, -0.2) is 62.8 Å². The summed E-state index contributed by atoms with van der Waals surface area (Å²) >= 11 is 0. The lowest BCUT2D eigenvalue weighted by Gasteiger charge is -2.42. The van der Waals surface area contributed by atoms with E-state index >= 15 is 0 Å². The zero-order chi connectivity index (χ0) is 24.3. The average molecular weight is 488 g/mol. The van der Waals surface area contributed by atoms with E-state index in [1.54, 1.807) is 31.0 Å². The van der Waals surface area contributed by atoms with Crippen molar-refractivity contribution in [3.8, 4) is 5.75 Å². The molecule has 0 aliphatic carbocycles. The van der Waals surface area contributed by atoms with Crippen LogP contribution >= 0.6 is 0 Å². The maximum Gasteiger partial charge on any atom is 0.257 e. The maximum absolute atomic E-state index is 13.2. The fourth-order valence-corrected chi connectivity index (χ4v) is 4.91. The normalized spacial score (nSPS) is 22.5. The fourth-order valence-electron chi connectivity index (χ4n) is 4.28. The number of amides is 2. The molecule has 0 aromatic heterocycles. The third kappa shape index (κ3) is 5.51. The molecule has 2 aromatic carbocycles. The highest BCUT2D eigenvalue weighted by Crippen LogP contribution is 2.32. The summed E-state index contributed by atoms with van der Waals surface area (Å²) in [5.74, 6) is -0.105. The van der Waals surface area contributed by atoms with Crippen molar-refractivity contribution in [1.82, 2.24) is 4.90 Å². The van der Waals surface area contributed by atoms with E-state index in [0.717, 1.165) is 5.69 Å². The van der Waals surface area contributed by atoms with Crippen molar-refractivity contribution < 1.29 is 27.5 Å². The largest absolute Gasteiger partial charge is 0.490 e. The van der Waals surface area contributed by atoms with E-state index in [9.17, 15) is 18.0 Å². The molecule has 2 aliphatic heterocycles. The molecule has 2 N–H and O–H groups in total. The zero-order valence-electron chi connectivity index (χ0n) is 19.2. The number of benzene rings is 2. The second kappa shape index (κ2) is 10.0. The number of fused-ring (bicyclic) bond motifs is 2. The van der Waals surface area contributed by atoms with Crippen LogP contribution in [0.15, 0.2) is 48.5 Å². The molecule has 0 spiro atoms. The molecule has 1 fully saturated rings. The summed E-state index contributed by atoms with van der Waals surface area (Å²) in [6, 6.07) is 13.7. The number of hydrogen-bond acceptors (Lipinski definition) is 6. The summed E-state index contributed by atoms with van der Waals surface area (Å²) < 4.78 is 38.4. The highest BCUT2D eigenvalue weighted by atomic mass is 32.2. The minimum atomic E-state index is -3.47. The lowest BCUT2D eigenvalue weighted by molar-refractivity contribution is -0.130. The monoisotopic (exact) mass is 487 g/mol. The van der Waals surface area contributed by atoms with Crippen LogP contribution in [0, 0.1) is 0 Å². The minimum absolute atomic E-state index is 0.0694. The van der Waals surface area contributed by atoms with Gasteiger partial charge in [-0.3, -0.25) is 14.3 Å². The molecule has 34 heavy (non-hydrogen) atoms. The van der Waals surface area contributed by atoms with Gasteiger partial charge in [0.25, 0.3) is 5.91 Å². The molecular formula is C24H29N3O6S. The van der Waals surface area contributed by atoms with Gasteiger partial charge in [0.1, 0.15) is 18.5 Å². The number of sulfonamides is 1. The van der Waals surface area contributed by atoms with Crippen LogP contribution < -0.4 is 14.8 Å². The second-order valence-corrected chi connectivity index (χ2v) is 10.5. The first-order valence-electron chi connectivity index (χ1n) is 11.3. The Balaban J connectivity index is 1.45. The van der Waals surface area contributed by atoms with E-state index in [4.69, 9.17) is 9.47 Å². The number of ether oxygens (including phenoxy) is 2. The Morgan fingerprint density at radius 2 is 1.88 bits per heavy atom. The van der Waals surface area contributed by atoms with Crippen LogP contribution in [0.5, 0.6) is 5.75 Å². The summed E-state index contributed by atoms with van der Waals surface area (Å²) in [6.07, 6.45) is 0.847. The predicted octanol–water partition coefficient (Wildman–Crippen LogP) is 2.86. The van der Waals surface area contributed by atoms with Crippen molar-refractivity contribution in [3.63, 3.8) is 0 Å². The Morgan fingerprint density at radius 3 is 2.62 bits per heavy atom. The zero-order valence-corrected chi connectivity index (χ0v) is 20.0. The van der Waals surface area contributed by atoms with Gasteiger partial charge in [-0.1, -0.05) is 18.2 Å². The Bertz CT molecular complexity index is 1150. The number of rotatable bonds is 6. The Hall–Kier alpha value is -3.11. The van der Waals surface area contributed by atoms with Gasteiger partial charge in [0.15, 0.2) is 0 Å². The second-order valence-electron chi connectivity index (χ2n) is 8.50. The number of nitrogens with one attached hydrogen (secondary N) is 2. The number of nitrogens with zero attached hydrogens (tertiary/aromatic N) is 1. The highest BCUT2D eigenvalue weighted by Gasteiger charge is 2.39. The van der Waals surface area contributed by atoms with Crippen LogP contribution in [0.25, 0.3) is 0 Å². The van der Waals surface area contributed by atoms with Gasteiger partial charge < -0.3 is 19.7 Å². The molecule has 10 heteroatoms. The molecule has 182 valence electrons. The summed E-state index contributed by atoms with van der Waals surface area (Å²) in [7, 11) is -1.76. The SMILES string of the molecule is CCS(=O)(=O)Nc1ccc2c(c1)C(=O)N(C)[C@H]1CC[C@H](CC(=O)Nc3ccccc3)O[C@H]1CO2. The molecule has 2 amide bonds. The number of carbonyl (C=O) groups is 2. The molecule has 0 unspecified atom stereocenters. The number of anilines is 2. The van der Waals surface area contributed by atoms with Crippen molar-refractivity contribution in [1.29, 1.82) is 0 Å². The van der Waals surface area contributed by atoms with Crippen molar-refractivity contribution in [2.24, 2.45) is 0 Å². The van der Waals surface area contributed by atoms with Gasteiger partial charge in [-0.15, -0.1) is 0 Å². The first-order chi connectivity index (χ1) is 16.3. The van der Waals surface area contributed by atoms with E-state index in [2.05, 4.69) is 10.0 Å².